The van der Waals surface area contributed by atoms with E-state index in [0.29, 0.717) is 25.6 Å². The van der Waals surface area contributed by atoms with Crippen LogP contribution in [0.2, 0.25) is 0 Å². The number of nitrogens with two attached hydrogens (primary N) is 1. The number of carbonyl (C=O) groups is 1. The highest BCUT2D eigenvalue weighted by Crippen LogP contribution is 2.08. The van der Waals surface area contributed by atoms with Crippen molar-refractivity contribution in [3.05, 3.63) is 35.9 Å². The Labute approximate surface area is 128 Å². The lowest BCUT2D eigenvalue weighted by Crippen LogP contribution is -2.38. The van der Waals surface area contributed by atoms with Crippen LogP contribution in [-0.4, -0.2) is 43.5 Å². The maximum Gasteiger partial charge on any atom is 0.224 e. The molecule has 1 aromatic carbocycles. The molecule has 118 valence electrons. The monoisotopic (exact) mass is 291 g/mol. The Morgan fingerprint density at radius 1 is 1.29 bits per heavy atom. The molecule has 4 nitrogen and oxygen atoms in total. The smallest absolute Gasteiger partial charge is 0.224 e. The van der Waals surface area contributed by atoms with Gasteiger partial charge in [-0.2, -0.15) is 0 Å². The first kappa shape index (κ1) is 17.7. The summed E-state index contributed by atoms with van der Waals surface area (Å²) in [6.07, 6.45) is 1.66. The van der Waals surface area contributed by atoms with E-state index < -0.39 is 0 Å². The van der Waals surface area contributed by atoms with Gasteiger partial charge in [0, 0.05) is 19.1 Å². The number of amides is 1. The highest BCUT2D eigenvalue weighted by molar-refractivity contribution is 5.79. The molecule has 1 atom stereocenters. The van der Waals surface area contributed by atoms with Crippen LogP contribution >= 0.6 is 0 Å². The molecule has 0 radical (unpaired) electrons. The molecule has 0 aliphatic carbocycles. The predicted octanol–water partition coefficient (Wildman–Crippen LogP) is 1.65. The molecule has 21 heavy (non-hydrogen) atoms. The Hall–Kier alpha value is -1.39. The van der Waals surface area contributed by atoms with Gasteiger partial charge in [0.25, 0.3) is 0 Å². The van der Waals surface area contributed by atoms with Crippen LogP contribution in [0.25, 0.3) is 0 Å². The van der Waals surface area contributed by atoms with Gasteiger partial charge < -0.3 is 16.0 Å². The van der Waals surface area contributed by atoms with Crippen molar-refractivity contribution in [2.45, 2.75) is 32.7 Å². The minimum Gasteiger partial charge on any atom is -0.356 e. The third-order valence-electron chi connectivity index (χ3n) is 3.85. The van der Waals surface area contributed by atoms with Crippen LogP contribution in [0.1, 0.15) is 25.8 Å². The summed E-state index contributed by atoms with van der Waals surface area (Å²) in [5, 5.41) is 3.00. The lowest BCUT2D eigenvalue weighted by Gasteiger charge is -2.21. The van der Waals surface area contributed by atoms with E-state index in [1.807, 2.05) is 30.3 Å². The zero-order valence-electron chi connectivity index (χ0n) is 13.5. The predicted molar refractivity (Wildman–Crippen MR) is 88.1 cm³/mol. The van der Waals surface area contributed by atoms with Crippen molar-refractivity contribution in [1.29, 1.82) is 0 Å². The van der Waals surface area contributed by atoms with Crippen LogP contribution in [0.5, 0.6) is 0 Å². The van der Waals surface area contributed by atoms with Crippen LogP contribution in [-0.2, 0) is 11.2 Å². The van der Waals surface area contributed by atoms with Crippen LogP contribution < -0.4 is 11.1 Å². The van der Waals surface area contributed by atoms with Gasteiger partial charge in [-0.05, 0) is 45.8 Å². The van der Waals surface area contributed by atoms with Gasteiger partial charge in [-0.25, -0.2) is 0 Å². The Bertz CT molecular complexity index is 406. The van der Waals surface area contributed by atoms with Gasteiger partial charge in [-0.3, -0.25) is 4.79 Å². The molecule has 3 N–H and O–H groups in total. The van der Waals surface area contributed by atoms with Gasteiger partial charge in [0.1, 0.15) is 0 Å². The zero-order chi connectivity index (χ0) is 15.7. The quantitative estimate of drug-likeness (QED) is 0.680. The molecule has 0 spiro atoms. The number of hydrogen-bond donors (Lipinski definition) is 2. The highest BCUT2D eigenvalue weighted by Gasteiger charge is 2.16. The fourth-order valence-electron chi connectivity index (χ4n) is 2.12. The lowest BCUT2D eigenvalue weighted by molar-refractivity contribution is -0.124. The number of rotatable bonds is 9. The first-order valence-corrected chi connectivity index (χ1v) is 7.76. The molecule has 1 unspecified atom stereocenters. The van der Waals surface area contributed by atoms with Crippen molar-refractivity contribution in [2.75, 3.05) is 26.7 Å². The summed E-state index contributed by atoms with van der Waals surface area (Å²) >= 11 is 0. The minimum absolute atomic E-state index is 0.0635. The Morgan fingerprint density at radius 2 is 1.95 bits per heavy atom. The second kappa shape index (κ2) is 9.53. The van der Waals surface area contributed by atoms with E-state index in [2.05, 4.69) is 31.1 Å². The minimum atomic E-state index is -0.143. The number of hydrogen-bond acceptors (Lipinski definition) is 3. The maximum absolute atomic E-state index is 12.2. The van der Waals surface area contributed by atoms with E-state index in [0.717, 1.165) is 18.5 Å². The summed E-state index contributed by atoms with van der Waals surface area (Å²) in [7, 11) is 2.10. The van der Waals surface area contributed by atoms with Gasteiger partial charge >= 0.3 is 0 Å². The van der Waals surface area contributed by atoms with Crippen LogP contribution in [0.4, 0.5) is 0 Å². The van der Waals surface area contributed by atoms with Gasteiger partial charge in [-0.15, -0.1) is 0 Å². The van der Waals surface area contributed by atoms with Crippen molar-refractivity contribution >= 4 is 5.91 Å². The van der Waals surface area contributed by atoms with E-state index in [-0.39, 0.29) is 11.8 Å². The molecule has 0 heterocycles. The first-order chi connectivity index (χ1) is 10.0. The van der Waals surface area contributed by atoms with Gasteiger partial charge in [-0.1, -0.05) is 30.3 Å². The molecular formula is C17H29N3O. The Kier molecular flexibility index (Phi) is 8.01. The fourth-order valence-corrected chi connectivity index (χ4v) is 2.12. The van der Waals surface area contributed by atoms with Crippen molar-refractivity contribution in [3.8, 4) is 0 Å². The largest absolute Gasteiger partial charge is 0.356 e. The van der Waals surface area contributed by atoms with Crippen molar-refractivity contribution in [3.63, 3.8) is 0 Å². The third-order valence-corrected chi connectivity index (χ3v) is 3.85. The van der Waals surface area contributed by atoms with E-state index in [1.165, 1.54) is 0 Å². The Morgan fingerprint density at radius 3 is 2.52 bits per heavy atom. The SMILES string of the molecule is CC(C)N(C)CCCNC(=O)C(CN)Cc1ccccc1. The van der Waals surface area contributed by atoms with E-state index >= 15 is 0 Å². The van der Waals surface area contributed by atoms with E-state index in [9.17, 15) is 4.79 Å². The Balaban J connectivity index is 2.32. The number of nitrogens with one attached hydrogen (secondary N) is 1. The summed E-state index contributed by atoms with van der Waals surface area (Å²) in [5.41, 5.74) is 6.90. The molecule has 0 fully saturated rings. The molecule has 1 aromatic rings. The van der Waals surface area contributed by atoms with E-state index in [1.54, 1.807) is 0 Å². The molecule has 0 bridgehead atoms. The molecule has 0 saturated carbocycles. The molecule has 0 saturated heterocycles. The third kappa shape index (κ3) is 6.74. The first-order valence-electron chi connectivity index (χ1n) is 7.76. The maximum atomic E-state index is 12.2. The number of benzene rings is 1. The molecule has 1 rings (SSSR count). The average molecular weight is 291 g/mol. The van der Waals surface area contributed by atoms with Gasteiger partial charge in [0.05, 0.1) is 5.92 Å². The van der Waals surface area contributed by atoms with Crippen LogP contribution in [0.15, 0.2) is 30.3 Å². The normalized spacial score (nSPS) is 12.7. The number of carbonyl (C=O) groups excluding carboxylic acids is 1. The van der Waals surface area contributed by atoms with Crippen molar-refractivity contribution in [1.82, 2.24) is 10.2 Å². The molecule has 0 aliphatic rings. The second-order valence-electron chi connectivity index (χ2n) is 5.84. The standard InChI is InChI=1S/C17H29N3O/c1-14(2)20(3)11-7-10-19-17(21)16(13-18)12-15-8-5-4-6-9-15/h4-6,8-9,14,16H,7,10-13,18H2,1-3H3,(H,19,21). The van der Waals surface area contributed by atoms with Gasteiger partial charge in [0.15, 0.2) is 0 Å². The van der Waals surface area contributed by atoms with Gasteiger partial charge in [0.2, 0.25) is 5.91 Å². The van der Waals surface area contributed by atoms with Crippen LogP contribution in [0, 0.1) is 5.92 Å². The average Bonchev–Trinajstić information content (AvgIpc) is 2.49. The molecular weight excluding hydrogens is 262 g/mol. The molecule has 0 aromatic heterocycles. The molecule has 0 aliphatic heterocycles. The lowest BCUT2D eigenvalue weighted by atomic mass is 9.98. The van der Waals surface area contributed by atoms with Crippen molar-refractivity contribution in [2.24, 2.45) is 11.7 Å². The zero-order valence-corrected chi connectivity index (χ0v) is 13.5. The second-order valence-corrected chi connectivity index (χ2v) is 5.84. The summed E-state index contributed by atoms with van der Waals surface area (Å²) in [5.74, 6) is -0.0798. The number of nitrogens with zero attached hydrogens (tertiary/aromatic N) is 1. The van der Waals surface area contributed by atoms with E-state index in [4.69, 9.17) is 5.73 Å². The summed E-state index contributed by atoms with van der Waals surface area (Å²) in [6.45, 7) is 6.42. The van der Waals surface area contributed by atoms with Crippen molar-refractivity contribution < 1.29 is 4.79 Å². The van der Waals surface area contributed by atoms with Crippen LogP contribution in [0.3, 0.4) is 0 Å². The summed E-state index contributed by atoms with van der Waals surface area (Å²) < 4.78 is 0. The topological polar surface area (TPSA) is 58.4 Å². The molecule has 1 amide bonds. The molecule has 4 heteroatoms. The summed E-state index contributed by atoms with van der Waals surface area (Å²) in [4.78, 5) is 14.4. The summed E-state index contributed by atoms with van der Waals surface area (Å²) in [6, 6.07) is 10.6. The highest BCUT2D eigenvalue weighted by atomic mass is 16.1. The fraction of sp³-hybridized carbons (Fsp3) is 0.588.